The second-order valence-corrected chi connectivity index (χ2v) is 5.49. The van der Waals surface area contributed by atoms with E-state index < -0.39 is 43.5 Å². The molecule has 1 fully saturated rings. The molecule has 0 unspecified atom stereocenters. The van der Waals surface area contributed by atoms with Gasteiger partial charge in [0, 0.05) is 0 Å². The quantitative estimate of drug-likeness (QED) is 0.216. The highest BCUT2D eigenvalue weighted by Gasteiger charge is 2.66. The number of aliphatic hydroxyl groups is 6. The highest BCUT2D eigenvalue weighted by Crippen LogP contribution is 2.55. The Hall–Kier alpha value is -0.0900. The predicted molar refractivity (Wildman–Crippen MR) is 47.0 cm³/mol. The second kappa shape index (κ2) is 3.98. The third-order valence-electron chi connectivity index (χ3n) is 2.68. The zero-order valence-corrected chi connectivity index (χ0v) is 8.71. The molecule has 1 saturated carbocycles. The average molecular weight is 260 g/mol. The van der Waals surface area contributed by atoms with Crippen LogP contribution in [0.5, 0.6) is 0 Å². The molecule has 9 nitrogen and oxygen atoms in total. The summed E-state index contributed by atoms with van der Waals surface area (Å²) in [4.78, 5) is 17.6. The fourth-order valence-corrected chi connectivity index (χ4v) is 2.59. The molecule has 16 heavy (non-hydrogen) atoms. The van der Waals surface area contributed by atoms with Crippen molar-refractivity contribution in [2.45, 2.75) is 35.9 Å². The minimum absolute atomic E-state index is 2.03. The predicted octanol–water partition coefficient (Wildman–Crippen LogP) is -4.33. The summed E-state index contributed by atoms with van der Waals surface area (Å²) in [5.41, 5.74) is 0. The molecular weight excluding hydrogens is 247 g/mol. The van der Waals surface area contributed by atoms with Gasteiger partial charge in [0.05, 0.1) is 0 Å². The van der Waals surface area contributed by atoms with E-state index in [0.29, 0.717) is 0 Å². The van der Waals surface area contributed by atoms with Crippen LogP contribution in [0.3, 0.4) is 0 Å². The molecule has 10 heteroatoms. The van der Waals surface area contributed by atoms with Crippen molar-refractivity contribution in [2.24, 2.45) is 0 Å². The van der Waals surface area contributed by atoms with E-state index in [4.69, 9.17) is 25.1 Å². The third kappa shape index (κ3) is 1.70. The SMILES string of the molecule is O=P(O)(O)[C@@]1(O)[C@H](O)[C@@H](O)[C@H](O)[C@@H](O)[C@@H]1O. The lowest BCUT2D eigenvalue weighted by atomic mass is 9.84. The van der Waals surface area contributed by atoms with Crippen LogP contribution in [0.15, 0.2) is 0 Å². The average Bonchev–Trinajstić information content (AvgIpc) is 2.19. The van der Waals surface area contributed by atoms with Crippen LogP contribution in [-0.4, -0.2) is 76.3 Å². The molecule has 0 amide bonds. The summed E-state index contributed by atoms with van der Waals surface area (Å²) < 4.78 is 10.9. The van der Waals surface area contributed by atoms with Crippen molar-refractivity contribution in [2.75, 3.05) is 0 Å². The first-order valence-corrected chi connectivity index (χ1v) is 5.84. The Balaban J connectivity index is 3.24. The van der Waals surface area contributed by atoms with Crippen LogP contribution in [0.25, 0.3) is 0 Å². The maximum atomic E-state index is 10.9. The Labute approximate surface area is 89.4 Å². The molecule has 6 atom stereocenters. The van der Waals surface area contributed by atoms with Crippen LogP contribution in [0, 0.1) is 0 Å². The van der Waals surface area contributed by atoms with E-state index in [2.05, 4.69) is 0 Å². The van der Waals surface area contributed by atoms with Crippen molar-refractivity contribution in [3.63, 3.8) is 0 Å². The van der Waals surface area contributed by atoms with Crippen LogP contribution < -0.4 is 0 Å². The van der Waals surface area contributed by atoms with Crippen LogP contribution in [0.2, 0.25) is 0 Å². The fourth-order valence-electron chi connectivity index (χ4n) is 1.60. The molecule has 0 aromatic rings. The van der Waals surface area contributed by atoms with E-state index in [-0.39, 0.29) is 0 Å². The molecule has 0 bridgehead atoms. The van der Waals surface area contributed by atoms with Gasteiger partial charge in [-0.1, -0.05) is 0 Å². The molecule has 0 radical (unpaired) electrons. The van der Waals surface area contributed by atoms with Crippen LogP contribution in [0.4, 0.5) is 0 Å². The topological polar surface area (TPSA) is 179 Å². The van der Waals surface area contributed by atoms with Gasteiger partial charge in [-0.2, -0.15) is 0 Å². The molecule has 1 aliphatic carbocycles. The van der Waals surface area contributed by atoms with Gasteiger partial charge in [-0.15, -0.1) is 0 Å². The maximum absolute atomic E-state index is 10.9. The summed E-state index contributed by atoms with van der Waals surface area (Å²) in [5, 5.41) is 52.0. The van der Waals surface area contributed by atoms with Crippen LogP contribution in [-0.2, 0) is 4.57 Å². The Morgan fingerprint density at radius 1 is 0.812 bits per heavy atom. The molecule has 0 spiro atoms. The smallest absolute Gasteiger partial charge is 0.362 e. The first-order chi connectivity index (χ1) is 7.05. The zero-order chi connectivity index (χ0) is 12.9. The highest BCUT2D eigenvalue weighted by molar-refractivity contribution is 7.53. The van der Waals surface area contributed by atoms with Crippen LogP contribution >= 0.6 is 7.60 Å². The molecule has 0 aliphatic heterocycles. The van der Waals surface area contributed by atoms with E-state index >= 15 is 0 Å². The second-order valence-electron chi connectivity index (χ2n) is 3.69. The number of rotatable bonds is 1. The van der Waals surface area contributed by atoms with E-state index in [1.807, 2.05) is 0 Å². The van der Waals surface area contributed by atoms with Gasteiger partial charge in [0.1, 0.15) is 30.5 Å². The lowest BCUT2D eigenvalue weighted by molar-refractivity contribution is -0.243. The first kappa shape index (κ1) is 14.0. The zero-order valence-electron chi connectivity index (χ0n) is 7.82. The van der Waals surface area contributed by atoms with Gasteiger partial charge in [-0.3, -0.25) is 4.57 Å². The van der Waals surface area contributed by atoms with Crippen molar-refractivity contribution in [1.29, 1.82) is 0 Å². The van der Waals surface area contributed by atoms with Crippen molar-refractivity contribution >= 4 is 7.60 Å². The molecule has 1 rings (SSSR count). The van der Waals surface area contributed by atoms with E-state index in [1.54, 1.807) is 0 Å². The first-order valence-electron chi connectivity index (χ1n) is 4.23. The summed E-state index contributed by atoms with van der Waals surface area (Å²) in [6.45, 7) is 0. The Morgan fingerprint density at radius 3 is 1.38 bits per heavy atom. The Bertz CT molecular complexity index is 297. The van der Waals surface area contributed by atoms with Crippen molar-refractivity contribution in [3.8, 4) is 0 Å². The van der Waals surface area contributed by atoms with Crippen molar-refractivity contribution in [1.82, 2.24) is 0 Å². The summed E-state index contributed by atoms with van der Waals surface area (Å²) >= 11 is 0. The molecule has 0 heterocycles. The van der Waals surface area contributed by atoms with Gasteiger partial charge in [0.25, 0.3) is 0 Å². The minimum Gasteiger partial charge on any atom is -0.387 e. The van der Waals surface area contributed by atoms with Gasteiger partial charge in [-0.25, -0.2) is 0 Å². The van der Waals surface area contributed by atoms with Crippen LogP contribution in [0.1, 0.15) is 0 Å². The van der Waals surface area contributed by atoms with E-state index in [1.165, 1.54) is 0 Å². The largest absolute Gasteiger partial charge is 0.387 e. The highest BCUT2D eigenvalue weighted by atomic mass is 31.2. The molecule has 8 N–H and O–H groups in total. The van der Waals surface area contributed by atoms with Crippen molar-refractivity contribution in [3.05, 3.63) is 0 Å². The third-order valence-corrected chi connectivity index (χ3v) is 4.15. The van der Waals surface area contributed by atoms with Crippen molar-refractivity contribution < 1.29 is 45.0 Å². The van der Waals surface area contributed by atoms with E-state index in [9.17, 15) is 19.9 Å². The van der Waals surface area contributed by atoms with Gasteiger partial charge in [0.15, 0.2) is 0 Å². The maximum Gasteiger partial charge on any atom is 0.362 e. The molecule has 96 valence electrons. The summed E-state index contributed by atoms with van der Waals surface area (Å²) in [7, 11) is -5.44. The van der Waals surface area contributed by atoms with Gasteiger partial charge in [-0.05, 0) is 0 Å². The minimum atomic E-state index is -5.44. The van der Waals surface area contributed by atoms with Gasteiger partial charge >= 0.3 is 7.60 Å². The molecule has 0 saturated heterocycles. The number of aliphatic hydroxyl groups excluding tert-OH is 5. The van der Waals surface area contributed by atoms with E-state index in [0.717, 1.165) is 0 Å². The number of hydrogen-bond acceptors (Lipinski definition) is 7. The molecular formula is C6H13O9P. The standard InChI is InChI=1S/C6H13O9P/c7-1-2(8)4(10)6(12,16(13,14)15)5(11)3(1)9/h1-5,7-12H,(H2,13,14,15)/t1-,2-,3+,4+,5-,6-. The lowest BCUT2D eigenvalue weighted by Gasteiger charge is -2.47. The normalized spacial score (nSPS) is 50.4. The summed E-state index contributed by atoms with van der Waals surface area (Å²) in [6.07, 6.45) is -11.4. The Morgan fingerprint density at radius 2 is 1.12 bits per heavy atom. The lowest BCUT2D eigenvalue weighted by Crippen LogP contribution is -2.70. The van der Waals surface area contributed by atoms with Gasteiger partial charge in [0.2, 0.25) is 5.34 Å². The fraction of sp³-hybridized carbons (Fsp3) is 1.00. The molecule has 1 aliphatic rings. The summed E-state index contributed by atoms with van der Waals surface area (Å²) in [5.74, 6) is 0. The summed E-state index contributed by atoms with van der Waals surface area (Å²) in [6, 6.07) is 0. The Kier molecular flexibility index (Phi) is 3.48. The molecule has 0 aromatic heterocycles. The monoisotopic (exact) mass is 260 g/mol. The number of hydrogen-bond donors (Lipinski definition) is 8. The molecule has 0 aromatic carbocycles. The van der Waals surface area contributed by atoms with Gasteiger partial charge < -0.3 is 40.4 Å².